The minimum Gasteiger partial charge on any atom is -0.348 e. The second-order valence-corrected chi connectivity index (χ2v) is 11.9. The van der Waals surface area contributed by atoms with Gasteiger partial charge in [0.05, 0.1) is 12.2 Å². The van der Waals surface area contributed by atoms with E-state index in [1.165, 1.54) is 11.3 Å². The maximum atomic E-state index is 13.1. The van der Waals surface area contributed by atoms with Crippen molar-refractivity contribution in [1.29, 1.82) is 0 Å². The molecule has 1 aliphatic rings. The molecule has 1 fully saturated rings. The monoisotopic (exact) mass is 498 g/mol. The summed E-state index contributed by atoms with van der Waals surface area (Å²) in [5.74, 6) is -0.915. The number of benzene rings is 2. The molecular formula is C25H26N2O5S2. The summed E-state index contributed by atoms with van der Waals surface area (Å²) < 4.78 is 24.9. The molecule has 7 nitrogen and oxygen atoms in total. The number of rotatable bonds is 7. The third-order valence-corrected chi connectivity index (χ3v) is 10.2. The van der Waals surface area contributed by atoms with Gasteiger partial charge in [0.1, 0.15) is 4.75 Å². The summed E-state index contributed by atoms with van der Waals surface area (Å²) in [6.45, 7) is 0.417. The highest BCUT2D eigenvalue weighted by Crippen LogP contribution is 2.47. The lowest BCUT2D eigenvalue weighted by Gasteiger charge is -2.35. The number of thiophene rings is 1. The highest BCUT2D eigenvalue weighted by atomic mass is 32.2. The molecular weight excluding hydrogens is 472 g/mol. The van der Waals surface area contributed by atoms with Gasteiger partial charge >= 0.3 is 0 Å². The molecule has 0 aliphatic carbocycles. The van der Waals surface area contributed by atoms with Gasteiger partial charge in [-0.05, 0) is 48.2 Å². The first-order valence-electron chi connectivity index (χ1n) is 11.0. The second kappa shape index (κ2) is 10.1. The average Bonchev–Trinajstić information content (AvgIpc) is 3.35. The van der Waals surface area contributed by atoms with E-state index in [1.54, 1.807) is 29.7 Å². The molecule has 1 aliphatic heterocycles. The quantitative estimate of drug-likeness (QED) is 0.336. The third-order valence-electron chi connectivity index (χ3n) is 6.17. The Bertz CT molecular complexity index is 1290. The lowest BCUT2D eigenvalue weighted by molar-refractivity contribution is -0.130. The lowest BCUT2D eigenvalue weighted by Crippen LogP contribution is -2.43. The minimum absolute atomic E-state index is 0.00993. The van der Waals surface area contributed by atoms with E-state index in [0.29, 0.717) is 36.2 Å². The molecule has 1 atom stereocenters. The van der Waals surface area contributed by atoms with E-state index in [2.05, 4.69) is 5.32 Å². The Morgan fingerprint density at radius 1 is 1.00 bits per heavy atom. The van der Waals surface area contributed by atoms with Crippen LogP contribution >= 0.6 is 11.3 Å². The van der Waals surface area contributed by atoms with Crippen LogP contribution in [0.25, 0.3) is 10.4 Å². The summed E-state index contributed by atoms with van der Waals surface area (Å²) >= 11 is 1.30. The van der Waals surface area contributed by atoms with Gasteiger partial charge in [0.25, 0.3) is 5.91 Å². The van der Waals surface area contributed by atoms with Crippen molar-refractivity contribution in [3.05, 3.63) is 82.7 Å². The molecule has 0 spiro atoms. The van der Waals surface area contributed by atoms with Gasteiger partial charge in [-0.15, -0.1) is 11.3 Å². The Labute approximate surface area is 202 Å². The SMILES string of the molecule is O=C(C[C@]1(c2ccc(-c3cccc(C(=O)NCc4ccccc4)c3)s2)CCCCS1(=O)=O)NO. The Kier molecular flexibility index (Phi) is 7.16. The van der Waals surface area contributed by atoms with Gasteiger partial charge in [-0.1, -0.05) is 48.9 Å². The van der Waals surface area contributed by atoms with Crippen LogP contribution in [-0.2, 0) is 25.9 Å². The summed E-state index contributed by atoms with van der Waals surface area (Å²) in [6, 6.07) is 20.4. The van der Waals surface area contributed by atoms with Gasteiger partial charge in [-0.2, -0.15) is 0 Å². The molecule has 2 aromatic carbocycles. The van der Waals surface area contributed by atoms with Crippen molar-refractivity contribution >= 4 is 33.0 Å². The molecule has 1 aromatic heterocycles. The van der Waals surface area contributed by atoms with Crippen molar-refractivity contribution in [2.45, 2.75) is 37.0 Å². The minimum atomic E-state index is -3.59. The Balaban J connectivity index is 1.60. The molecule has 0 saturated carbocycles. The number of hydrogen-bond acceptors (Lipinski definition) is 6. The first kappa shape index (κ1) is 24.1. The largest absolute Gasteiger partial charge is 0.348 e. The van der Waals surface area contributed by atoms with Crippen LogP contribution in [0.5, 0.6) is 0 Å². The lowest BCUT2D eigenvalue weighted by atomic mass is 9.94. The highest BCUT2D eigenvalue weighted by molar-refractivity contribution is 7.92. The Hall–Kier alpha value is -3.01. The first-order valence-corrected chi connectivity index (χ1v) is 13.5. The predicted octanol–water partition coefficient (Wildman–Crippen LogP) is 4.03. The Morgan fingerprint density at radius 2 is 1.79 bits per heavy atom. The summed E-state index contributed by atoms with van der Waals surface area (Å²) in [4.78, 5) is 26.1. The zero-order chi connectivity index (χ0) is 24.2. The molecule has 178 valence electrons. The third kappa shape index (κ3) is 4.91. The van der Waals surface area contributed by atoms with E-state index in [0.717, 1.165) is 16.0 Å². The predicted molar refractivity (Wildman–Crippen MR) is 131 cm³/mol. The zero-order valence-electron chi connectivity index (χ0n) is 18.5. The number of carbonyl (C=O) groups is 2. The molecule has 2 amide bonds. The molecule has 0 bridgehead atoms. The number of nitrogens with one attached hydrogen (secondary N) is 2. The average molecular weight is 499 g/mol. The smallest absolute Gasteiger partial charge is 0.251 e. The van der Waals surface area contributed by atoms with Crippen LogP contribution in [0.1, 0.15) is 46.5 Å². The fraction of sp³-hybridized carbons (Fsp3) is 0.280. The summed E-state index contributed by atoms with van der Waals surface area (Å²) in [6.07, 6.45) is 1.24. The molecule has 0 unspecified atom stereocenters. The maximum Gasteiger partial charge on any atom is 0.251 e. The van der Waals surface area contributed by atoms with E-state index < -0.39 is 20.5 Å². The van der Waals surface area contributed by atoms with E-state index >= 15 is 0 Å². The Morgan fingerprint density at radius 3 is 2.53 bits per heavy atom. The molecule has 0 radical (unpaired) electrons. The van der Waals surface area contributed by atoms with Gasteiger partial charge in [0.2, 0.25) is 5.91 Å². The summed E-state index contributed by atoms with van der Waals surface area (Å²) in [5.41, 5.74) is 3.88. The van der Waals surface area contributed by atoms with Gasteiger partial charge in [-0.25, -0.2) is 13.9 Å². The van der Waals surface area contributed by atoms with Crippen molar-refractivity contribution in [3.8, 4) is 10.4 Å². The van der Waals surface area contributed by atoms with Crippen molar-refractivity contribution < 1.29 is 23.2 Å². The molecule has 4 rings (SSSR count). The van der Waals surface area contributed by atoms with Gasteiger partial charge in [0.15, 0.2) is 9.84 Å². The zero-order valence-corrected chi connectivity index (χ0v) is 20.1. The van der Waals surface area contributed by atoms with Crippen LogP contribution in [0.2, 0.25) is 0 Å². The van der Waals surface area contributed by atoms with Gasteiger partial charge in [0, 0.05) is 21.9 Å². The second-order valence-electron chi connectivity index (χ2n) is 8.40. The van der Waals surface area contributed by atoms with Gasteiger partial charge < -0.3 is 5.32 Å². The van der Waals surface area contributed by atoms with Crippen molar-refractivity contribution in [1.82, 2.24) is 10.8 Å². The maximum absolute atomic E-state index is 13.1. The molecule has 3 aromatic rings. The van der Waals surface area contributed by atoms with Crippen LogP contribution in [0.15, 0.2) is 66.7 Å². The fourth-order valence-corrected chi connectivity index (χ4v) is 8.12. The summed E-state index contributed by atoms with van der Waals surface area (Å²) in [5, 5.41) is 12.0. The molecule has 3 N–H and O–H groups in total. The fourth-order valence-electron chi connectivity index (χ4n) is 4.35. The number of sulfone groups is 1. The van der Waals surface area contributed by atoms with Crippen LogP contribution in [0, 0.1) is 0 Å². The van der Waals surface area contributed by atoms with Crippen molar-refractivity contribution in [2.24, 2.45) is 0 Å². The summed E-state index contributed by atoms with van der Waals surface area (Å²) in [7, 11) is -3.59. The molecule has 34 heavy (non-hydrogen) atoms. The highest BCUT2D eigenvalue weighted by Gasteiger charge is 2.49. The van der Waals surface area contributed by atoms with Crippen LogP contribution in [-0.4, -0.2) is 31.2 Å². The topological polar surface area (TPSA) is 113 Å². The van der Waals surface area contributed by atoms with E-state index in [4.69, 9.17) is 5.21 Å². The number of hydrogen-bond donors (Lipinski definition) is 3. The number of hydroxylamine groups is 1. The molecule has 2 heterocycles. The number of amides is 2. The van der Waals surface area contributed by atoms with E-state index in [9.17, 15) is 18.0 Å². The molecule has 9 heteroatoms. The van der Waals surface area contributed by atoms with Gasteiger partial charge in [-0.3, -0.25) is 14.8 Å². The van der Waals surface area contributed by atoms with Crippen LogP contribution < -0.4 is 10.8 Å². The number of carbonyl (C=O) groups excluding carboxylic acids is 2. The van der Waals surface area contributed by atoms with Crippen molar-refractivity contribution in [3.63, 3.8) is 0 Å². The molecule has 1 saturated heterocycles. The van der Waals surface area contributed by atoms with E-state index in [1.807, 2.05) is 42.5 Å². The van der Waals surface area contributed by atoms with E-state index in [-0.39, 0.29) is 18.1 Å². The van der Waals surface area contributed by atoms with Crippen LogP contribution in [0.3, 0.4) is 0 Å². The normalized spacial score (nSPS) is 19.3. The van der Waals surface area contributed by atoms with Crippen LogP contribution in [0.4, 0.5) is 0 Å². The first-order chi connectivity index (χ1) is 16.3. The van der Waals surface area contributed by atoms with Crippen molar-refractivity contribution in [2.75, 3.05) is 5.75 Å². The standard InChI is InChI=1S/C25H26N2O5S2/c28-23(27-30)16-25(13-4-5-14-34(25,31)32)22-12-11-21(33-22)19-9-6-10-20(15-19)24(29)26-17-18-7-2-1-3-8-18/h1-3,6-12,15,30H,4-5,13-14,16-17H2,(H,26,29)(H,27,28)/t25-/m0/s1.